The lowest BCUT2D eigenvalue weighted by atomic mass is 10.1. The number of aromatic amines is 1. The van der Waals surface area contributed by atoms with Crippen molar-refractivity contribution in [1.29, 1.82) is 0 Å². The van der Waals surface area contributed by atoms with Crippen LogP contribution in [0.3, 0.4) is 0 Å². The van der Waals surface area contributed by atoms with Crippen molar-refractivity contribution in [2.24, 2.45) is 10.2 Å². The van der Waals surface area contributed by atoms with Gasteiger partial charge in [-0.25, -0.2) is 4.39 Å². The number of amides is 1. The molecule has 6 nitrogen and oxygen atoms in total. The number of fused-ring (bicyclic) bond motifs is 1. The fourth-order valence-corrected chi connectivity index (χ4v) is 2.54. The number of ether oxygens (including phenoxy) is 1. The van der Waals surface area contributed by atoms with E-state index in [2.05, 4.69) is 15.2 Å². The predicted molar refractivity (Wildman–Crippen MR) is 90.9 cm³/mol. The van der Waals surface area contributed by atoms with Crippen LogP contribution in [0.25, 0.3) is 10.9 Å². The molecule has 2 N–H and O–H groups in total. The Hall–Kier alpha value is -3.22. The molecule has 0 radical (unpaired) electrons. The summed E-state index contributed by atoms with van der Waals surface area (Å²) in [6.45, 7) is 3.60. The maximum atomic E-state index is 13.2. The van der Waals surface area contributed by atoms with Crippen molar-refractivity contribution in [3.8, 4) is 11.6 Å². The Morgan fingerprint density at radius 1 is 1.20 bits per heavy atom. The van der Waals surface area contributed by atoms with Crippen LogP contribution in [0.4, 0.5) is 10.1 Å². The zero-order valence-corrected chi connectivity index (χ0v) is 13.7. The van der Waals surface area contributed by atoms with Crippen LogP contribution < -0.4 is 4.74 Å². The average Bonchev–Trinajstić information content (AvgIpc) is 2.84. The molecule has 128 valence electrons. The highest BCUT2D eigenvalue weighted by Crippen LogP contribution is 2.35. The van der Waals surface area contributed by atoms with Gasteiger partial charge >= 0.3 is 5.91 Å². The highest BCUT2D eigenvalue weighted by Gasteiger charge is 2.12. The summed E-state index contributed by atoms with van der Waals surface area (Å²) >= 11 is 0. The summed E-state index contributed by atoms with van der Waals surface area (Å²) in [7, 11) is 0. The third-order valence-corrected chi connectivity index (χ3v) is 3.53. The molecule has 0 aliphatic rings. The molecule has 3 rings (SSSR count). The number of halogens is 1. The summed E-state index contributed by atoms with van der Waals surface area (Å²) in [5.41, 5.74) is 2.50. The van der Waals surface area contributed by atoms with E-state index in [9.17, 15) is 14.3 Å². The van der Waals surface area contributed by atoms with Crippen molar-refractivity contribution >= 4 is 22.5 Å². The van der Waals surface area contributed by atoms with Gasteiger partial charge in [-0.2, -0.15) is 0 Å². The van der Waals surface area contributed by atoms with E-state index in [0.717, 1.165) is 11.1 Å². The number of carbonyl (C=O) groups excluding carboxylic acids is 1. The van der Waals surface area contributed by atoms with E-state index >= 15 is 0 Å². The molecule has 0 spiro atoms. The fourth-order valence-electron chi connectivity index (χ4n) is 2.54. The van der Waals surface area contributed by atoms with E-state index in [1.807, 2.05) is 32.0 Å². The summed E-state index contributed by atoms with van der Waals surface area (Å²) in [6.07, 6.45) is 0. The molecule has 1 amide bonds. The van der Waals surface area contributed by atoms with Crippen LogP contribution in [0.1, 0.15) is 11.1 Å². The monoisotopic (exact) mass is 341 g/mol. The van der Waals surface area contributed by atoms with Crippen LogP contribution in [0.2, 0.25) is 0 Å². The number of rotatable bonds is 4. The van der Waals surface area contributed by atoms with Gasteiger partial charge in [-0.1, -0.05) is 6.07 Å². The highest BCUT2D eigenvalue weighted by molar-refractivity contribution is 5.94. The minimum Gasteiger partial charge on any atom is -0.493 e. The lowest BCUT2D eigenvalue weighted by Gasteiger charge is -2.05. The fraction of sp³-hybridized carbons (Fsp3) is 0.167. The van der Waals surface area contributed by atoms with E-state index in [0.29, 0.717) is 16.7 Å². The number of benzene rings is 2. The summed E-state index contributed by atoms with van der Waals surface area (Å²) in [5.74, 6) is -0.760. The van der Waals surface area contributed by atoms with Crippen LogP contribution in [0, 0.1) is 19.7 Å². The summed E-state index contributed by atoms with van der Waals surface area (Å²) in [6, 6.07) is 9.54. The van der Waals surface area contributed by atoms with Gasteiger partial charge in [0.1, 0.15) is 11.6 Å². The number of nitrogens with one attached hydrogen (secondary N) is 1. The first-order valence-corrected chi connectivity index (χ1v) is 7.58. The largest absolute Gasteiger partial charge is 0.493 e. The first-order valence-electron chi connectivity index (χ1n) is 7.58. The first kappa shape index (κ1) is 16.6. The SMILES string of the molecule is Cc1cc(C)cc(OCC(=O)N=Nc2c(O)[nH]c3cc(F)ccc23)c1. The summed E-state index contributed by atoms with van der Waals surface area (Å²) < 4.78 is 18.6. The summed E-state index contributed by atoms with van der Waals surface area (Å²) in [4.78, 5) is 14.4. The number of H-pyrrole nitrogens is 1. The predicted octanol–water partition coefficient (Wildman–Crippen LogP) is 4.32. The average molecular weight is 341 g/mol. The van der Waals surface area contributed by atoms with E-state index < -0.39 is 11.7 Å². The Kier molecular flexibility index (Phi) is 4.47. The molecule has 0 saturated heterocycles. The number of hydrogen-bond donors (Lipinski definition) is 2. The van der Waals surface area contributed by atoms with E-state index in [4.69, 9.17) is 4.74 Å². The van der Waals surface area contributed by atoms with Gasteiger partial charge in [-0.3, -0.25) is 4.79 Å². The minimum atomic E-state index is -0.602. The Morgan fingerprint density at radius 2 is 1.92 bits per heavy atom. The van der Waals surface area contributed by atoms with E-state index in [1.165, 1.54) is 18.2 Å². The molecule has 0 bridgehead atoms. The number of hydrogen-bond acceptors (Lipinski definition) is 4. The second-order valence-electron chi connectivity index (χ2n) is 5.72. The smallest absolute Gasteiger partial charge is 0.302 e. The third-order valence-electron chi connectivity index (χ3n) is 3.53. The number of nitrogens with zero attached hydrogens (tertiary/aromatic N) is 2. The van der Waals surface area contributed by atoms with Crippen molar-refractivity contribution in [1.82, 2.24) is 4.98 Å². The van der Waals surface area contributed by atoms with Crippen molar-refractivity contribution in [3.05, 3.63) is 53.3 Å². The van der Waals surface area contributed by atoms with Crippen LogP contribution in [0.15, 0.2) is 46.6 Å². The zero-order chi connectivity index (χ0) is 18.0. The Labute approximate surface area is 143 Å². The van der Waals surface area contributed by atoms with Crippen LogP contribution in [-0.2, 0) is 4.79 Å². The molecule has 0 aliphatic heterocycles. The van der Waals surface area contributed by atoms with Gasteiger partial charge in [-0.05, 0) is 55.3 Å². The third kappa shape index (κ3) is 3.82. The normalized spacial score (nSPS) is 11.3. The first-order chi connectivity index (χ1) is 11.9. The lowest BCUT2D eigenvalue weighted by molar-refractivity contribution is -0.120. The maximum absolute atomic E-state index is 13.2. The van der Waals surface area contributed by atoms with Gasteiger partial charge in [0.25, 0.3) is 0 Å². The molecule has 0 saturated carbocycles. The van der Waals surface area contributed by atoms with Crippen LogP contribution in [-0.4, -0.2) is 22.6 Å². The Morgan fingerprint density at radius 3 is 2.64 bits per heavy atom. The molecular formula is C18H16FN3O3. The van der Waals surface area contributed by atoms with E-state index in [-0.39, 0.29) is 18.2 Å². The standard InChI is InChI=1S/C18H16FN3O3/c1-10-5-11(2)7-13(6-10)25-9-16(23)21-22-17-14-4-3-12(19)8-15(14)20-18(17)24/h3-8,20,24H,9H2,1-2H3. The van der Waals surface area contributed by atoms with Gasteiger partial charge in [0, 0.05) is 5.39 Å². The molecule has 25 heavy (non-hydrogen) atoms. The molecular weight excluding hydrogens is 325 g/mol. The van der Waals surface area contributed by atoms with Crippen LogP contribution in [0.5, 0.6) is 11.6 Å². The number of carbonyl (C=O) groups is 1. The quantitative estimate of drug-likeness (QED) is 0.693. The highest BCUT2D eigenvalue weighted by atomic mass is 19.1. The molecule has 7 heteroatoms. The molecule has 1 aromatic heterocycles. The van der Waals surface area contributed by atoms with Crippen LogP contribution >= 0.6 is 0 Å². The number of aromatic nitrogens is 1. The Balaban J connectivity index is 1.71. The summed E-state index contributed by atoms with van der Waals surface area (Å²) in [5, 5.41) is 17.6. The number of azo groups is 1. The molecule has 0 unspecified atom stereocenters. The van der Waals surface area contributed by atoms with Gasteiger partial charge in [0.15, 0.2) is 12.3 Å². The zero-order valence-electron chi connectivity index (χ0n) is 13.7. The molecule has 2 aromatic carbocycles. The molecule has 1 heterocycles. The Bertz CT molecular complexity index is 959. The maximum Gasteiger partial charge on any atom is 0.302 e. The number of aryl methyl sites for hydroxylation is 2. The topological polar surface area (TPSA) is 87.0 Å². The minimum absolute atomic E-state index is 0.0785. The van der Waals surface area contributed by atoms with Crippen molar-refractivity contribution < 1.29 is 19.0 Å². The van der Waals surface area contributed by atoms with Gasteiger partial charge in [0.05, 0.1) is 5.52 Å². The van der Waals surface area contributed by atoms with Gasteiger partial charge in [0.2, 0.25) is 5.88 Å². The second-order valence-corrected chi connectivity index (χ2v) is 5.72. The van der Waals surface area contributed by atoms with Crippen molar-refractivity contribution in [3.63, 3.8) is 0 Å². The molecule has 0 fully saturated rings. The molecule has 0 atom stereocenters. The molecule has 3 aromatic rings. The van der Waals surface area contributed by atoms with E-state index in [1.54, 1.807) is 0 Å². The second kappa shape index (κ2) is 6.72. The lowest BCUT2D eigenvalue weighted by Crippen LogP contribution is -2.08. The number of aromatic hydroxyl groups is 1. The molecule has 0 aliphatic carbocycles. The van der Waals surface area contributed by atoms with Gasteiger partial charge < -0.3 is 14.8 Å². The van der Waals surface area contributed by atoms with Crippen molar-refractivity contribution in [2.75, 3.05) is 6.61 Å². The van der Waals surface area contributed by atoms with Crippen molar-refractivity contribution in [2.45, 2.75) is 13.8 Å². The van der Waals surface area contributed by atoms with Gasteiger partial charge in [-0.15, -0.1) is 10.2 Å².